The van der Waals surface area contributed by atoms with E-state index in [0.29, 0.717) is 16.5 Å². The molecule has 0 bridgehead atoms. The highest BCUT2D eigenvalue weighted by Gasteiger charge is 2.23. The number of aryl methyl sites for hydroxylation is 1. The van der Waals surface area contributed by atoms with Gasteiger partial charge in [0.1, 0.15) is 15.5 Å². The molecule has 8 nitrogen and oxygen atoms in total. The number of carboxylic acid groups (broad SMARTS) is 1. The van der Waals surface area contributed by atoms with Crippen molar-refractivity contribution in [2.45, 2.75) is 19.8 Å². The third kappa shape index (κ3) is 3.26. The van der Waals surface area contributed by atoms with Crippen LogP contribution in [0.3, 0.4) is 0 Å². The number of hydrogen-bond donors (Lipinski definition) is 3. The number of anilines is 2. The van der Waals surface area contributed by atoms with E-state index in [0.717, 1.165) is 67.1 Å². The first-order valence-corrected chi connectivity index (χ1v) is 9.45. The van der Waals surface area contributed by atoms with Crippen LogP contribution in [-0.2, 0) is 6.42 Å². The summed E-state index contributed by atoms with van der Waals surface area (Å²) in [4.78, 5) is 25.3. The minimum absolute atomic E-state index is 0.166. The number of carbonyl (C=O) groups is 1. The van der Waals surface area contributed by atoms with Crippen molar-refractivity contribution in [3.8, 4) is 0 Å². The largest absolute Gasteiger partial charge is 0.477 e. The fourth-order valence-corrected chi connectivity index (χ4v) is 4.25. The lowest BCUT2D eigenvalue weighted by molar-refractivity contribution is 0.0703. The molecule has 140 valence electrons. The Morgan fingerprint density at radius 3 is 2.65 bits per heavy atom. The molecular formula is C17H24N6O2S. The van der Waals surface area contributed by atoms with Gasteiger partial charge in [-0.2, -0.15) is 0 Å². The van der Waals surface area contributed by atoms with Crippen LogP contribution in [0.4, 0.5) is 11.5 Å². The quantitative estimate of drug-likeness (QED) is 0.547. The molecule has 0 unspecified atom stereocenters. The van der Waals surface area contributed by atoms with Crippen LogP contribution in [0.5, 0.6) is 0 Å². The average Bonchev–Trinajstić information content (AvgIpc) is 2.98. The second-order valence-corrected chi connectivity index (χ2v) is 7.27. The first-order valence-electron chi connectivity index (χ1n) is 8.63. The zero-order chi connectivity index (χ0) is 18.8. The average molecular weight is 376 g/mol. The van der Waals surface area contributed by atoms with Gasteiger partial charge in [-0.05, 0) is 18.1 Å². The van der Waals surface area contributed by atoms with E-state index in [9.17, 15) is 9.90 Å². The third-order valence-corrected chi connectivity index (χ3v) is 5.72. The van der Waals surface area contributed by atoms with Crippen LogP contribution < -0.4 is 16.4 Å². The van der Waals surface area contributed by atoms with Crippen LogP contribution in [0.25, 0.3) is 10.2 Å². The van der Waals surface area contributed by atoms with E-state index in [-0.39, 0.29) is 4.88 Å². The van der Waals surface area contributed by atoms with Crippen LogP contribution >= 0.6 is 11.3 Å². The Balaban J connectivity index is 1.96. The van der Waals surface area contributed by atoms with Crippen molar-refractivity contribution in [2.24, 2.45) is 10.7 Å². The Morgan fingerprint density at radius 1 is 1.38 bits per heavy atom. The predicted octanol–water partition coefficient (Wildman–Crippen LogP) is 1.60. The molecule has 3 heterocycles. The number of fused-ring (bicyclic) bond motifs is 1. The normalized spacial score (nSPS) is 15.7. The summed E-state index contributed by atoms with van der Waals surface area (Å²) in [5.74, 6) is 0.417. The maximum absolute atomic E-state index is 11.4. The van der Waals surface area contributed by atoms with Gasteiger partial charge in [-0.3, -0.25) is 4.99 Å². The van der Waals surface area contributed by atoms with Gasteiger partial charge in [-0.25, -0.2) is 9.78 Å². The molecule has 0 aromatic carbocycles. The Bertz CT molecular complexity index is 855. The van der Waals surface area contributed by atoms with E-state index in [1.807, 2.05) is 11.0 Å². The van der Waals surface area contributed by atoms with Crippen molar-refractivity contribution in [2.75, 3.05) is 43.9 Å². The van der Waals surface area contributed by atoms with Gasteiger partial charge in [0.05, 0.1) is 5.69 Å². The van der Waals surface area contributed by atoms with Gasteiger partial charge in [-0.1, -0.05) is 13.3 Å². The number of piperazine rings is 1. The first-order chi connectivity index (χ1) is 12.5. The van der Waals surface area contributed by atoms with Crippen molar-refractivity contribution in [1.82, 2.24) is 9.88 Å². The summed E-state index contributed by atoms with van der Waals surface area (Å²) in [5.41, 5.74) is 13.4. The van der Waals surface area contributed by atoms with Crippen molar-refractivity contribution >= 4 is 45.0 Å². The smallest absolute Gasteiger partial charge is 0.348 e. The number of aliphatic imine (C=N–C) groups is 1. The number of carboxylic acids is 1. The van der Waals surface area contributed by atoms with E-state index in [1.165, 1.54) is 0 Å². The fraction of sp³-hybridized carbons (Fsp3) is 0.471. The standard InChI is InChI=1S/C17H24N6O2S/c1-3-4-10-9-11(22-5-7-23(8-6-22)17(19)20-2)21-15-12(10)13(18)14(26-15)16(24)25/h9H,3-8,18H2,1-2H3,(H2,19,20)(H,24,25). The molecule has 0 atom stereocenters. The molecule has 1 aliphatic heterocycles. The molecule has 1 aliphatic rings. The number of pyridine rings is 1. The molecule has 9 heteroatoms. The summed E-state index contributed by atoms with van der Waals surface area (Å²) in [5, 5.41) is 10.2. The van der Waals surface area contributed by atoms with Gasteiger partial charge < -0.3 is 26.4 Å². The fourth-order valence-electron chi connectivity index (χ4n) is 3.28. The summed E-state index contributed by atoms with van der Waals surface area (Å²) >= 11 is 1.15. The van der Waals surface area contributed by atoms with Gasteiger partial charge >= 0.3 is 5.97 Å². The summed E-state index contributed by atoms with van der Waals surface area (Å²) < 4.78 is 0. The maximum Gasteiger partial charge on any atom is 0.348 e. The van der Waals surface area contributed by atoms with Crippen LogP contribution in [-0.4, -0.2) is 60.1 Å². The molecule has 1 saturated heterocycles. The van der Waals surface area contributed by atoms with Crippen molar-refractivity contribution < 1.29 is 9.90 Å². The van der Waals surface area contributed by atoms with E-state index in [2.05, 4.69) is 16.8 Å². The molecule has 1 fully saturated rings. The molecule has 0 saturated carbocycles. The number of aromatic carboxylic acids is 1. The molecule has 0 spiro atoms. The zero-order valence-electron chi connectivity index (χ0n) is 15.0. The molecular weight excluding hydrogens is 352 g/mol. The van der Waals surface area contributed by atoms with Gasteiger partial charge in [0.2, 0.25) is 0 Å². The van der Waals surface area contributed by atoms with Crippen LogP contribution in [0.2, 0.25) is 0 Å². The third-order valence-electron chi connectivity index (χ3n) is 4.64. The minimum atomic E-state index is -1.00. The minimum Gasteiger partial charge on any atom is -0.477 e. The monoisotopic (exact) mass is 376 g/mol. The maximum atomic E-state index is 11.4. The highest BCUT2D eigenvalue weighted by atomic mass is 32.1. The lowest BCUT2D eigenvalue weighted by Crippen LogP contribution is -2.51. The van der Waals surface area contributed by atoms with Gasteiger partial charge in [-0.15, -0.1) is 11.3 Å². The first kappa shape index (κ1) is 18.2. The molecule has 0 aliphatic carbocycles. The van der Waals surface area contributed by atoms with Crippen molar-refractivity contribution in [3.63, 3.8) is 0 Å². The Morgan fingerprint density at radius 2 is 2.08 bits per heavy atom. The summed E-state index contributed by atoms with van der Waals surface area (Å²) in [6.45, 7) is 5.22. The van der Waals surface area contributed by atoms with Gasteiger partial charge in [0.25, 0.3) is 0 Å². The van der Waals surface area contributed by atoms with Crippen LogP contribution in [0.15, 0.2) is 11.1 Å². The summed E-state index contributed by atoms with van der Waals surface area (Å²) in [7, 11) is 1.69. The summed E-state index contributed by atoms with van der Waals surface area (Å²) in [6.07, 6.45) is 1.79. The molecule has 2 aromatic heterocycles. The second-order valence-electron chi connectivity index (χ2n) is 6.28. The van der Waals surface area contributed by atoms with E-state index >= 15 is 0 Å². The number of nitrogen functional groups attached to an aromatic ring is 1. The number of aromatic nitrogens is 1. The number of thiophene rings is 1. The Kier molecular flexibility index (Phi) is 5.17. The van der Waals surface area contributed by atoms with Crippen LogP contribution in [0.1, 0.15) is 28.6 Å². The highest BCUT2D eigenvalue weighted by Crippen LogP contribution is 2.37. The van der Waals surface area contributed by atoms with Gasteiger partial charge in [0, 0.05) is 38.6 Å². The second kappa shape index (κ2) is 7.36. The van der Waals surface area contributed by atoms with Crippen molar-refractivity contribution in [3.05, 3.63) is 16.5 Å². The molecule has 0 amide bonds. The SMILES string of the molecule is CCCc1cc(N2CCN(C(N)=NC)CC2)nc2sc(C(=O)O)c(N)c12. The number of rotatable bonds is 4. The topological polar surface area (TPSA) is 121 Å². The number of nitrogens with two attached hydrogens (primary N) is 2. The molecule has 0 radical (unpaired) electrons. The number of guanidine groups is 1. The van der Waals surface area contributed by atoms with Gasteiger partial charge in [0.15, 0.2) is 5.96 Å². The van der Waals surface area contributed by atoms with E-state index in [1.54, 1.807) is 7.05 Å². The lowest BCUT2D eigenvalue weighted by Gasteiger charge is -2.36. The molecule has 5 N–H and O–H groups in total. The summed E-state index contributed by atoms with van der Waals surface area (Å²) in [6, 6.07) is 2.05. The molecule has 26 heavy (non-hydrogen) atoms. The predicted molar refractivity (Wildman–Crippen MR) is 106 cm³/mol. The van der Waals surface area contributed by atoms with Crippen molar-refractivity contribution in [1.29, 1.82) is 0 Å². The number of nitrogens with zero attached hydrogens (tertiary/aromatic N) is 4. The number of hydrogen-bond acceptors (Lipinski definition) is 6. The zero-order valence-corrected chi connectivity index (χ0v) is 15.8. The molecule has 2 aromatic rings. The van der Waals surface area contributed by atoms with E-state index in [4.69, 9.17) is 16.5 Å². The molecule has 3 rings (SSSR count). The van der Waals surface area contributed by atoms with E-state index < -0.39 is 5.97 Å². The highest BCUT2D eigenvalue weighted by molar-refractivity contribution is 7.21. The lowest BCUT2D eigenvalue weighted by atomic mass is 10.1. The van der Waals surface area contributed by atoms with Crippen LogP contribution in [0, 0.1) is 0 Å². The Hall–Kier alpha value is -2.55. The Labute approximate surface area is 156 Å².